The molecule has 11 nitrogen and oxygen atoms in total. The number of ether oxygens (including phenoxy) is 6. The predicted octanol–water partition coefficient (Wildman–Crippen LogP) is 8.01. The van der Waals surface area contributed by atoms with Crippen LogP contribution < -0.4 is 0 Å². The number of rotatable bonds is 9. The Kier molecular flexibility index (Phi) is 6.28. The molecular formula is C50H39NO10. The fourth-order valence-electron chi connectivity index (χ4n) is 13.5. The van der Waals surface area contributed by atoms with E-state index in [4.69, 9.17) is 28.4 Å². The van der Waals surface area contributed by atoms with Crippen LogP contribution in [-0.2, 0) is 79.8 Å². The van der Waals surface area contributed by atoms with Crippen LogP contribution >= 0.6 is 0 Å². The normalized spacial score (nSPS) is 24.8. The minimum atomic E-state index is -1.63. The van der Waals surface area contributed by atoms with E-state index in [1.165, 1.54) is 148 Å². The largest absolute Gasteiger partial charge is 0.463 e. The Balaban J connectivity index is 0.983. The molecule has 2 saturated heterocycles. The van der Waals surface area contributed by atoms with Gasteiger partial charge in [-0.05, 0) is 113 Å². The summed E-state index contributed by atoms with van der Waals surface area (Å²) in [4.78, 5) is 50.2. The molecule has 304 valence electrons. The number of aryl methyl sites for hydroxylation is 2. The average Bonchev–Trinajstić information content (AvgIpc) is 3.85. The van der Waals surface area contributed by atoms with E-state index in [9.17, 15) is 19.2 Å². The van der Waals surface area contributed by atoms with Gasteiger partial charge in [-0.15, -0.1) is 0 Å². The summed E-state index contributed by atoms with van der Waals surface area (Å²) in [6.07, 6.45) is 0.306. The van der Waals surface area contributed by atoms with Gasteiger partial charge in [0.15, 0.2) is 11.7 Å². The predicted molar refractivity (Wildman–Crippen MR) is 227 cm³/mol. The fraction of sp³-hybridized carbons (Fsp3) is 0.360. The highest BCUT2D eigenvalue weighted by Gasteiger charge is 2.71. The molecule has 4 bridgehead atoms. The first-order valence-electron chi connectivity index (χ1n) is 21.4. The number of benzene rings is 7. The minimum Gasteiger partial charge on any atom is -0.463 e. The van der Waals surface area contributed by atoms with Crippen LogP contribution in [0.1, 0.15) is 73.9 Å². The van der Waals surface area contributed by atoms with Crippen LogP contribution in [0.25, 0.3) is 86.4 Å². The summed E-state index contributed by atoms with van der Waals surface area (Å²) < 4.78 is 39.4. The molecule has 6 aliphatic rings. The average molecular weight is 814 g/mol. The Bertz CT molecular complexity index is 3360. The van der Waals surface area contributed by atoms with Crippen molar-refractivity contribution >= 4 is 110 Å². The van der Waals surface area contributed by atoms with E-state index in [0.29, 0.717) is 6.54 Å². The maximum Gasteiger partial charge on any atom is 0.303 e. The van der Waals surface area contributed by atoms with Gasteiger partial charge in [0.05, 0.1) is 17.6 Å². The molecule has 61 heavy (non-hydrogen) atoms. The zero-order chi connectivity index (χ0) is 41.2. The molecule has 0 N–H and O–H groups in total. The van der Waals surface area contributed by atoms with E-state index in [2.05, 4.69) is 41.0 Å². The van der Waals surface area contributed by atoms with Crippen LogP contribution in [0.3, 0.4) is 0 Å². The third kappa shape index (κ3) is 4.04. The Labute approximate surface area is 347 Å². The van der Waals surface area contributed by atoms with Crippen LogP contribution in [0.2, 0.25) is 0 Å². The third-order valence-corrected chi connectivity index (χ3v) is 15.2. The molecule has 3 fully saturated rings. The summed E-state index contributed by atoms with van der Waals surface area (Å²) in [7, 11) is 0. The molecule has 0 spiro atoms. The van der Waals surface area contributed by atoms with E-state index < -0.39 is 53.6 Å². The fourth-order valence-corrected chi connectivity index (χ4v) is 13.5. The first-order valence-corrected chi connectivity index (χ1v) is 21.4. The Hall–Kier alpha value is -6.04. The molecule has 0 amide bonds. The molecule has 3 aliphatic heterocycles. The number of hydrogen-bond acceptors (Lipinski definition) is 10. The molecule has 11 heteroatoms. The molecule has 4 heterocycles. The van der Waals surface area contributed by atoms with Crippen molar-refractivity contribution in [2.75, 3.05) is 13.2 Å². The van der Waals surface area contributed by atoms with Gasteiger partial charge in [0, 0.05) is 68.6 Å². The summed E-state index contributed by atoms with van der Waals surface area (Å²) in [5.41, 5.74) is 9.14. The van der Waals surface area contributed by atoms with Crippen LogP contribution in [0.15, 0.2) is 36.4 Å². The van der Waals surface area contributed by atoms with E-state index in [0.717, 1.165) is 25.7 Å². The monoisotopic (exact) mass is 813 g/mol. The summed E-state index contributed by atoms with van der Waals surface area (Å²) in [5, 5.41) is 19.4. The van der Waals surface area contributed by atoms with Gasteiger partial charge in [0.25, 0.3) is 0 Å². The Morgan fingerprint density at radius 3 is 1.69 bits per heavy atom. The number of aromatic nitrogens is 1. The van der Waals surface area contributed by atoms with Gasteiger partial charge in [-0.2, -0.15) is 0 Å². The van der Waals surface area contributed by atoms with Gasteiger partial charge in [-0.25, -0.2) is 0 Å². The van der Waals surface area contributed by atoms with E-state index >= 15 is 0 Å². The lowest BCUT2D eigenvalue weighted by Crippen LogP contribution is -2.76. The number of pyridine rings is 1. The number of esters is 4. The lowest BCUT2D eigenvalue weighted by atomic mass is 9.70. The van der Waals surface area contributed by atoms with Gasteiger partial charge < -0.3 is 33.0 Å². The lowest BCUT2D eigenvalue weighted by molar-refractivity contribution is -0.411. The molecular weight excluding hydrogens is 775 g/mol. The van der Waals surface area contributed by atoms with Crippen LogP contribution in [0.4, 0.5) is 0 Å². The number of hydrogen-bond donors (Lipinski definition) is 0. The molecule has 9 aromatic rings. The van der Waals surface area contributed by atoms with Crippen LogP contribution in [0.5, 0.6) is 0 Å². The topological polar surface area (TPSA) is 129 Å². The van der Waals surface area contributed by atoms with Crippen molar-refractivity contribution in [2.24, 2.45) is 0 Å². The number of fused-ring (bicyclic) bond motifs is 3. The highest BCUT2D eigenvalue weighted by molar-refractivity contribution is 6.55. The maximum atomic E-state index is 12.7. The standard InChI is InChI=1S/C50H39NO10/c1-20(52)56-19-34-49(60-23(4)55)17-33(59-22(3)54)50(61-34,18-32(49)58-21(2)53)57-10-9-51-47-26-7-8-27-14-31-16-29-12-25-6-5-24-11-28-15-30(13-26)39-37(28)41-35(24)36(25)42-38(29)40(31)46(48(27)51)44(43(41)42)45(39)47/h5-6,11-14,32-34H,7-10,15-19H2,1-4H3. The van der Waals surface area contributed by atoms with E-state index in [1.54, 1.807) is 0 Å². The van der Waals surface area contributed by atoms with Gasteiger partial charge in [0.1, 0.15) is 18.8 Å². The minimum absolute atomic E-state index is 0.0854. The summed E-state index contributed by atoms with van der Waals surface area (Å²) >= 11 is 0. The quantitative estimate of drug-likeness (QED) is 0.0612. The van der Waals surface area contributed by atoms with Crippen molar-refractivity contribution in [1.29, 1.82) is 0 Å². The zero-order valence-corrected chi connectivity index (χ0v) is 34.1. The first kappa shape index (κ1) is 34.6. The van der Waals surface area contributed by atoms with Crippen molar-refractivity contribution in [2.45, 2.75) is 102 Å². The van der Waals surface area contributed by atoms with Gasteiger partial charge >= 0.3 is 23.9 Å². The lowest BCUT2D eigenvalue weighted by Gasteiger charge is -2.60. The molecule has 1 saturated carbocycles. The molecule has 5 atom stereocenters. The SMILES string of the molecule is CC(=O)OCC1OC2(OCCn3c4c5cc6c7c8c(cc9ccc%10cc%11c%12c%13c(cc(c3c%13c(c3c8c9c%10c%123)c74)CC5)C%11)C6)CC(OC(C)=O)C1(OC(C)=O)CC2OC(C)=O. The second-order valence-corrected chi connectivity index (χ2v) is 18.4. The smallest absolute Gasteiger partial charge is 0.303 e. The Morgan fingerprint density at radius 2 is 1.13 bits per heavy atom. The van der Waals surface area contributed by atoms with Crippen molar-refractivity contribution in [3.8, 4) is 0 Å². The van der Waals surface area contributed by atoms with Crippen LogP contribution in [0, 0.1) is 0 Å². The Morgan fingerprint density at radius 1 is 0.607 bits per heavy atom. The van der Waals surface area contributed by atoms with Crippen molar-refractivity contribution in [3.05, 3.63) is 69.8 Å². The number of nitrogens with zero attached hydrogens (tertiary/aromatic N) is 1. The molecule has 0 radical (unpaired) electrons. The van der Waals surface area contributed by atoms with Gasteiger partial charge in [-0.3, -0.25) is 19.2 Å². The molecule has 1 aromatic heterocycles. The summed E-state index contributed by atoms with van der Waals surface area (Å²) in [5.74, 6) is -4.01. The van der Waals surface area contributed by atoms with Crippen molar-refractivity contribution < 1.29 is 47.6 Å². The molecule has 3 aliphatic carbocycles. The van der Waals surface area contributed by atoms with Crippen molar-refractivity contribution in [3.63, 3.8) is 0 Å². The second-order valence-electron chi connectivity index (χ2n) is 18.4. The molecule has 5 unspecified atom stereocenters. The highest BCUT2D eigenvalue weighted by Crippen LogP contribution is 2.61. The van der Waals surface area contributed by atoms with Crippen molar-refractivity contribution in [1.82, 2.24) is 4.57 Å². The maximum absolute atomic E-state index is 12.7. The zero-order valence-electron chi connectivity index (χ0n) is 34.1. The van der Waals surface area contributed by atoms with Gasteiger partial charge in [0.2, 0.25) is 5.79 Å². The summed E-state index contributed by atoms with van der Waals surface area (Å²) in [6, 6.07) is 14.5. The number of carbonyl (C=O) groups is 4. The first-order chi connectivity index (χ1) is 29.4. The number of carbonyl (C=O) groups excluding carboxylic acids is 4. The van der Waals surface area contributed by atoms with E-state index in [-0.39, 0.29) is 26.1 Å². The van der Waals surface area contributed by atoms with E-state index in [1.807, 2.05) is 0 Å². The summed E-state index contributed by atoms with van der Waals surface area (Å²) in [6.45, 7) is 5.38. The molecule has 8 aromatic carbocycles. The second kappa shape index (κ2) is 11.1. The highest BCUT2D eigenvalue weighted by atomic mass is 16.8. The van der Waals surface area contributed by atoms with Gasteiger partial charge in [-0.1, -0.05) is 36.4 Å². The molecule has 15 rings (SSSR count). The third-order valence-electron chi connectivity index (χ3n) is 15.2. The van der Waals surface area contributed by atoms with Crippen LogP contribution in [-0.4, -0.2) is 71.4 Å².